The Morgan fingerprint density at radius 2 is 1.30 bits per heavy atom. The number of hydrogen-bond donors (Lipinski definition) is 0. The van der Waals surface area contributed by atoms with Gasteiger partial charge >= 0.3 is 0 Å². The van der Waals surface area contributed by atoms with Crippen molar-refractivity contribution >= 4 is 0 Å². The average molecular weight is 320 g/mol. The van der Waals surface area contributed by atoms with Crippen LogP contribution >= 0.6 is 0 Å². The molecule has 0 N–H and O–H groups in total. The molecular formula is C22H41N. The molecule has 0 radical (unpaired) electrons. The van der Waals surface area contributed by atoms with E-state index in [1.807, 2.05) is 0 Å². The van der Waals surface area contributed by atoms with Gasteiger partial charge in [0.25, 0.3) is 0 Å². The molecule has 1 atom stereocenters. The number of nitrogens with zero attached hydrogens (tertiary/aromatic N) is 1. The molecule has 1 heteroatoms. The molecular weight excluding hydrogens is 278 g/mol. The van der Waals surface area contributed by atoms with Crippen LogP contribution in [0.15, 0.2) is 23.9 Å². The highest BCUT2D eigenvalue weighted by atomic mass is 15.1. The summed E-state index contributed by atoms with van der Waals surface area (Å²) in [5, 5.41) is 0. The molecule has 0 saturated carbocycles. The lowest BCUT2D eigenvalue weighted by atomic mass is 10.0. The van der Waals surface area contributed by atoms with E-state index < -0.39 is 0 Å². The van der Waals surface area contributed by atoms with Gasteiger partial charge in [-0.15, -0.1) is 0 Å². The lowest BCUT2D eigenvalue weighted by Gasteiger charge is -2.32. The van der Waals surface area contributed by atoms with Crippen LogP contribution in [0.3, 0.4) is 0 Å². The number of unbranched alkanes of at least 4 members (excludes halogenated alkanes) is 11. The molecule has 0 aromatic heterocycles. The van der Waals surface area contributed by atoms with Gasteiger partial charge in [-0.25, -0.2) is 0 Å². The van der Waals surface area contributed by atoms with E-state index in [4.69, 9.17) is 0 Å². The Morgan fingerprint density at radius 1 is 0.783 bits per heavy atom. The van der Waals surface area contributed by atoms with E-state index in [2.05, 4.69) is 44.0 Å². The van der Waals surface area contributed by atoms with E-state index in [1.165, 1.54) is 90.0 Å². The van der Waals surface area contributed by atoms with E-state index in [0.717, 1.165) is 0 Å². The largest absolute Gasteiger partial charge is 0.371 e. The summed E-state index contributed by atoms with van der Waals surface area (Å²) in [4.78, 5) is 2.52. The Kier molecular flexibility index (Phi) is 12.1. The quantitative estimate of drug-likeness (QED) is 0.305. The Bertz CT molecular complexity index is 329. The SMILES string of the molecule is CCCCCCCCCCCCCCN1C=CC=C(CC)C1C. The molecule has 0 aromatic carbocycles. The zero-order chi connectivity index (χ0) is 16.8. The molecule has 134 valence electrons. The number of allylic oxidation sites excluding steroid dienone is 2. The maximum Gasteiger partial charge on any atom is 0.0471 e. The van der Waals surface area contributed by atoms with Gasteiger partial charge in [0.2, 0.25) is 0 Å². The first kappa shape index (κ1) is 20.3. The second-order valence-electron chi connectivity index (χ2n) is 7.24. The highest BCUT2D eigenvalue weighted by Crippen LogP contribution is 2.20. The van der Waals surface area contributed by atoms with Crippen LogP contribution in [0.4, 0.5) is 0 Å². The highest BCUT2D eigenvalue weighted by Gasteiger charge is 2.15. The van der Waals surface area contributed by atoms with Crippen molar-refractivity contribution in [3.8, 4) is 0 Å². The van der Waals surface area contributed by atoms with Crippen molar-refractivity contribution in [3.05, 3.63) is 23.9 Å². The first-order chi connectivity index (χ1) is 11.3. The third kappa shape index (κ3) is 9.23. The minimum atomic E-state index is 0.609. The maximum absolute atomic E-state index is 2.52. The van der Waals surface area contributed by atoms with Crippen molar-refractivity contribution in [3.63, 3.8) is 0 Å². The van der Waals surface area contributed by atoms with Crippen molar-refractivity contribution in [2.75, 3.05) is 6.54 Å². The number of rotatable bonds is 14. The van der Waals surface area contributed by atoms with Gasteiger partial charge in [-0.05, 0) is 37.6 Å². The molecule has 23 heavy (non-hydrogen) atoms. The van der Waals surface area contributed by atoms with Gasteiger partial charge in [-0.3, -0.25) is 0 Å². The lowest BCUT2D eigenvalue weighted by molar-refractivity contribution is 0.307. The molecule has 0 saturated heterocycles. The molecule has 1 unspecified atom stereocenters. The molecule has 0 spiro atoms. The fourth-order valence-electron chi connectivity index (χ4n) is 3.58. The summed E-state index contributed by atoms with van der Waals surface area (Å²) in [5.41, 5.74) is 1.58. The van der Waals surface area contributed by atoms with Gasteiger partial charge < -0.3 is 4.90 Å². The fourth-order valence-corrected chi connectivity index (χ4v) is 3.58. The minimum absolute atomic E-state index is 0.609. The van der Waals surface area contributed by atoms with Gasteiger partial charge in [0.15, 0.2) is 0 Å². The summed E-state index contributed by atoms with van der Waals surface area (Å²) in [7, 11) is 0. The Hall–Kier alpha value is -0.720. The normalized spacial score (nSPS) is 17.6. The third-order valence-electron chi connectivity index (χ3n) is 5.30. The molecule has 1 heterocycles. The predicted octanol–water partition coefficient (Wildman–Crippen LogP) is 7.24. The van der Waals surface area contributed by atoms with Crippen LogP contribution in [0.2, 0.25) is 0 Å². The zero-order valence-electron chi connectivity index (χ0n) is 16.2. The highest BCUT2D eigenvalue weighted by molar-refractivity contribution is 5.22. The standard InChI is InChI=1S/C22H41N/c1-4-6-7-8-9-10-11-12-13-14-15-16-19-23-20-17-18-22(5-2)21(23)3/h17-18,20-21H,4-16,19H2,1-3H3. The second-order valence-corrected chi connectivity index (χ2v) is 7.24. The molecule has 1 aliphatic heterocycles. The Balaban J connectivity index is 1.89. The van der Waals surface area contributed by atoms with E-state index in [9.17, 15) is 0 Å². The van der Waals surface area contributed by atoms with Gasteiger partial charge in [0.1, 0.15) is 0 Å². The lowest BCUT2D eigenvalue weighted by Crippen LogP contribution is -2.32. The van der Waals surface area contributed by atoms with Crippen LogP contribution in [-0.2, 0) is 0 Å². The maximum atomic E-state index is 2.52. The van der Waals surface area contributed by atoms with Crippen molar-refractivity contribution in [2.24, 2.45) is 0 Å². The van der Waals surface area contributed by atoms with E-state index in [0.29, 0.717) is 6.04 Å². The van der Waals surface area contributed by atoms with Crippen molar-refractivity contribution in [1.82, 2.24) is 4.90 Å². The van der Waals surface area contributed by atoms with Crippen LogP contribution in [0, 0.1) is 0 Å². The monoisotopic (exact) mass is 319 g/mol. The minimum Gasteiger partial charge on any atom is -0.371 e. The number of hydrogen-bond acceptors (Lipinski definition) is 1. The van der Waals surface area contributed by atoms with Gasteiger partial charge in [0.05, 0.1) is 0 Å². The first-order valence-electron chi connectivity index (χ1n) is 10.4. The summed E-state index contributed by atoms with van der Waals surface area (Å²) in [6.45, 7) is 8.14. The van der Waals surface area contributed by atoms with E-state index >= 15 is 0 Å². The third-order valence-corrected chi connectivity index (χ3v) is 5.30. The summed E-state index contributed by atoms with van der Waals surface area (Å²) in [5.74, 6) is 0. The van der Waals surface area contributed by atoms with Crippen LogP contribution < -0.4 is 0 Å². The molecule has 0 amide bonds. The Labute approximate surface area is 146 Å². The average Bonchev–Trinajstić information content (AvgIpc) is 2.57. The first-order valence-corrected chi connectivity index (χ1v) is 10.4. The predicted molar refractivity (Wildman–Crippen MR) is 105 cm³/mol. The molecule has 0 fully saturated rings. The van der Waals surface area contributed by atoms with Crippen LogP contribution in [-0.4, -0.2) is 17.5 Å². The van der Waals surface area contributed by atoms with Gasteiger partial charge in [-0.1, -0.05) is 90.6 Å². The molecule has 0 aromatic rings. The summed E-state index contributed by atoms with van der Waals surface area (Å²) in [6.07, 6.45) is 25.2. The van der Waals surface area contributed by atoms with Crippen LogP contribution in [0.5, 0.6) is 0 Å². The summed E-state index contributed by atoms with van der Waals surface area (Å²) in [6, 6.07) is 0.609. The van der Waals surface area contributed by atoms with E-state index in [-0.39, 0.29) is 0 Å². The fraction of sp³-hybridized carbons (Fsp3) is 0.818. The van der Waals surface area contributed by atoms with Crippen LogP contribution in [0.1, 0.15) is 104 Å². The smallest absolute Gasteiger partial charge is 0.0471 e. The molecule has 1 nitrogen and oxygen atoms in total. The topological polar surface area (TPSA) is 3.24 Å². The van der Waals surface area contributed by atoms with E-state index in [1.54, 1.807) is 5.57 Å². The van der Waals surface area contributed by atoms with Gasteiger partial charge in [-0.2, -0.15) is 0 Å². The molecule has 1 rings (SSSR count). The molecule has 1 aliphatic rings. The zero-order valence-corrected chi connectivity index (χ0v) is 16.2. The van der Waals surface area contributed by atoms with Crippen LogP contribution in [0.25, 0.3) is 0 Å². The molecule has 0 bridgehead atoms. The van der Waals surface area contributed by atoms with Crippen molar-refractivity contribution < 1.29 is 0 Å². The molecule has 0 aliphatic carbocycles. The summed E-state index contributed by atoms with van der Waals surface area (Å²) >= 11 is 0. The van der Waals surface area contributed by atoms with Crippen molar-refractivity contribution in [1.29, 1.82) is 0 Å². The van der Waals surface area contributed by atoms with Gasteiger partial charge in [0, 0.05) is 12.6 Å². The Morgan fingerprint density at radius 3 is 1.83 bits per heavy atom. The summed E-state index contributed by atoms with van der Waals surface area (Å²) < 4.78 is 0. The van der Waals surface area contributed by atoms with Crippen molar-refractivity contribution in [2.45, 2.75) is 110 Å². The second kappa shape index (κ2) is 13.7.